The Morgan fingerprint density at radius 2 is 1.36 bits per heavy atom. The maximum atomic E-state index is 12.4. The van der Waals surface area contributed by atoms with Gasteiger partial charge in [-0.15, -0.1) is 0 Å². The van der Waals surface area contributed by atoms with E-state index < -0.39 is 5.51 Å². The molecule has 76 valence electrons. The summed E-state index contributed by atoms with van der Waals surface area (Å²) >= 11 is 2.88. The molecule has 6 rings (SSSR count). The maximum absolute atomic E-state index is 12.4. The molecule has 5 heteroatoms. The van der Waals surface area contributed by atoms with Gasteiger partial charge in [0.15, 0.2) is 0 Å². The number of rotatable bonds is 1. The van der Waals surface area contributed by atoms with Gasteiger partial charge in [0.05, 0.1) is 0 Å². The summed E-state index contributed by atoms with van der Waals surface area (Å²) in [6, 6.07) is 0. The Labute approximate surface area is 96.5 Å². The molecule has 0 amide bonds. The molecule has 0 saturated heterocycles. The lowest BCUT2D eigenvalue weighted by atomic mass is 9.01. The Morgan fingerprint density at radius 3 is 1.71 bits per heavy atom. The van der Waals surface area contributed by atoms with Crippen LogP contribution in [0.2, 0.25) is 0 Å². The summed E-state index contributed by atoms with van der Waals surface area (Å²) < 4.78 is 37.4. The Morgan fingerprint density at radius 1 is 0.929 bits per heavy atom. The first-order chi connectivity index (χ1) is 6.44. The van der Waals surface area contributed by atoms with E-state index in [1.54, 1.807) is 0 Å². The molecule has 6 aliphatic carbocycles. The Kier molecular flexibility index (Phi) is 0.919. The average Bonchev–Trinajstić information content (AvgIpc) is 2.09. The lowest BCUT2D eigenvalue weighted by molar-refractivity contribution is -0.518. The van der Waals surface area contributed by atoms with Crippen LogP contribution in [-0.4, -0.2) is 13.7 Å². The molecule has 0 N–H and O–H groups in total. The van der Waals surface area contributed by atoms with E-state index in [1.807, 2.05) is 0 Å². The zero-order valence-electron chi connectivity index (χ0n) is 6.88. The van der Waals surface area contributed by atoms with Gasteiger partial charge < -0.3 is 0 Å². The van der Waals surface area contributed by atoms with Gasteiger partial charge in [0.25, 0.3) is 0 Å². The van der Waals surface area contributed by atoms with E-state index in [-0.39, 0.29) is 4.75 Å². The van der Waals surface area contributed by atoms with E-state index in [1.165, 1.54) is 0 Å². The van der Waals surface area contributed by atoms with Crippen LogP contribution in [0.1, 0.15) is 0 Å². The van der Waals surface area contributed by atoms with E-state index in [9.17, 15) is 13.2 Å². The second-order valence-corrected chi connectivity index (χ2v) is 8.63. The highest BCUT2D eigenvalue weighted by Gasteiger charge is 3.10. The third kappa shape index (κ3) is 0.406. The molecule has 0 radical (unpaired) electrons. The molecule has 0 bridgehead atoms. The monoisotopic (exact) mass is 330 g/mol. The molecule has 0 atom stereocenters. The number of hydrogen-bond donors (Lipinski definition) is 0. The van der Waals surface area contributed by atoms with E-state index in [0.717, 1.165) is 0 Å². The lowest BCUT2D eigenvalue weighted by Crippen LogP contribution is -3.13. The number of halogens is 4. The molecule has 0 aromatic carbocycles. The minimum absolute atomic E-state index is 0.287. The van der Waals surface area contributed by atoms with Crippen LogP contribution in [0.5, 0.6) is 0 Å². The lowest BCUT2D eigenvalue weighted by Gasteiger charge is -3.10. The van der Waals surface area contributed by atoms with Gasteiger partial charge in [-0.2, -0.15) is 13.2 Å². The molecule has 0 unspecified atom stereocenters. The van der Waals surface area contributed by atoms with Crippen molar-refractivity contribution in [2.24, 2.45) is 35.5 Å². The van der Waals surface area contributed by atoms with Crippen molar-refractivity contribution in [1.82, 2.24) is 0 Å². The summed E-state index contributed by atoms with van der Waals surface area (Å²) in [5.74, 6) is 3.47. The molecule has 6 fully saturated rings. The van der Waals surface area contributed by atoms with E-state index in [0.29, 0.717) is 50.7 Å². The first kappa shape index (κ1) is 8.03. The van der Waals surface area contributed by atoms with Crippen LogP contribution < -0.4 is 0 Å². The highest BCUT2D eigenvalue weighted by molar-refractivity contribution is 14.1. The number of thioether (sulfide) groups is 1. The summed E-state index contributed by atoms with van der Waals surface area (Å²) in [6.07, 6.45) is 0. The number of alkyl halides is 4. The molecule has 0 spiro atoms. The SMILES string of the molecule is FC(F)(F)SC12C3C4C1C1C2C3C41I. The van der Waals surface area contributed by atoms with Crippen LogP contribution in [0.15, 0.2) is 0 Å². The van der Waals surface area contributed by atoms with Crippen LogP contribution in [-0.2, 0) is 0 Å². The van der Waals surface area contributed by atoms with Crippen LogP contribution in [0.4, 0.5) is 13.2 Å². The average molecular weight is 330 g/mol. The maximum Gasteiger partial charge on any atom is 0.442 e. The van der Waals surface area contributed by atoms with Gasteiger partial charge in [-0.3, -0.25) is 0 Å². The largest absolute Gasteiger partial charge is 0.442 e. The van der Waals surface area contributed by atoms with Crippen molar-refractivity contribution in [3.63, 3.8) is 0 Å². The fourth-order valence-electron chi connectivity index (χ4n) is 5.70. The van der Waals surface area contributed by atoms with Crippen LogP contribution in [0.3, 0.4) is 0 Å². The minimum Gasteiger partial charge on any atom is -0.160 e. The topological polar surface area (TPSA) is 0 Å². The van der Waals surface area contributed by atoms with E-state index in [4.69, 9.17) is 0 Å². The van der Waals surface area contributed by atoms with Crippen molar-refractivity contribution in [2.45, 2.75) is 13.7 Å². The standard InChI is InChI=1S/C9H6F3IS/c10-9(11,12)14-8-4-1-5(8)3-6(8)2(4)7(1,3)13/h1-6H. The van der Waals surface area contributed by atoms with Crippen molar-refractivity contribution in [3.05, 3.63) is 0 Å². The Hall–Kier alpha value is 0.870. The van der Waals surface area contributed by atoms with Gasteiger partial charge in [0.2, 0.25) is 0 Å². The van der Waals surface area contributed by atoms with Crippen LogP contribution >= 0.6 is 34.4 Å². The van der Waals surface area contributed by atoms with Crippen molar-refractivity contribution < 1.29 is 13.2 Å². The molecule has 6 saturated carbocycles. The summed E-state index contributed by atoms with van der Waals surface area (Å²) in [7, 11) is 0. The third-order valence-electron chi connectivity index (χ3n) is 5.71. The minimum atomic E-state index is -4.00. The van der Waals surface area contributed by atoms with E-state index in [2.05, 4.69) is 22.6 Å². The van der Waals surface area contributed by atoms with Gasteiger partial charge >= 0.3 is 5.51 Å². The van der Waals surface area contributed by atoms with Gasteiger partial charge in [-0.1, -0.05) is 22.6 Å². The number of hydrogen-bond acceptors (Lipinski definition) is 1. The fourth-order valence-corrected chi connectivity index (χ4v) is 9.72. The summed E-state index contributed by atoms with van der Waals surface area (Å²) in [5.41, 5.74) is -4.00. The smallest absolute Gasteiger partial charge is 0.160 e. The highest BCUT2D eigenvalue weighted by atomic mass is 127. The fraction of sp³-hybridized carbons (Fsp3) is 1.00. The molecule has 0 aromatic rings. The van der Waals surface area contributed by atoms with Gasteiger partial charge in [-0.05, 0) is 47.3 Å². The van der Waals surface area contributed by atoms with Crippen molar-refractivity contribution in [1.29, 1.82) is 0 Å². The van der Waals surface area contributed by atoms with Crippen LogP contribution in [0, 0.1) is 35.5 Å². The third-order valence-corrected chi connectivity index (χ3v) is 9.27. The van der Waals surface area contributed by atoms with Gasteiger partial charge in [-0.25, -0.2) is 0 Å². The van der Waals surface area contributed by atoms with Gasteiger partial charge in [0.1, 0.15) is 0 Å². The van der Waals surface area contributed by atoms with Crippen molar-refractivity contribution >= 4 is 34.4 Å². The second-order valence-electron chi connectivity index (χ2n) is 5.38. The highest BCUT2D eigenvalue weighted by Crippen LogP contribution is 3.08. The van der Waals surface area contributed by atoms with E-state index >= 15 is 0 Å². The second kappa shape index (κ2) is 1.60. The predicted octanol–water partition coefficient (Wildman–Crippen LogP) is 2.92. The molecule has 0 heterocycles. The predicted molar refractivity (Wildman–Crippen MR) is 54.1 cm³/mol. The molecular weight excluding hydrogens is 324 g/mol. The first-order valence-electron chi connectivity index (χ1n) is 4.90. The summed E-state index contributed by atoms with van der Waals surface area (Å²) in [5, 5.41) is 0. The summed E-state index contributed by atoms with van der Waals surface area (Å²) in [4.78, 5) is 0. The molecular formula is C9H6F3IS. The van der Waals surface area contributed by atoms with Crippen molar-refractivity contribution in [2.75, 3.05) is 0 Å². The zero-order chi connectivity index (χ0) is 9.67. The Bertz CT molecular complexity index is 336. The zero-order valence-corrected chi connectivity index (χ0v) is 9.86. The molecule has 14 heavy (non-hydrogen) atoms. The Balaban J connectivity index is 1.53. The van der Waals surface area contributed by atoms with Crippen LogP contribution in [0.25, 0.3) is 0 Å². The molecule has 0 nitrogen and oxygen atoms in total. The molecule has 0 aliphatic heterocycles. The van der Waals surface area contributed by atoms with Gasteiger partial charge in [0, 0.05) is 8.17 Å². The first-order valence-corrected chi connectivity index (χ1v) is 6.79. The molecule has 0 aromatic heterocycles. The molecule has 6 aliphatic rings. The normalized spacial score (nSPS) is 78.9. The quantitative estimate of drug-likeness (QED) is 0.526. The summed E-state index contributed by atoms with van der Waals surface area (Å²) in [6.45, 7) is 0. The van der Waals surface area contributed by atoms with Crippen molar-refractivity contribution in [3.8, 4) is 0 Å².